The van der Waals surface area contributed by atoms with Gasteiger partial charge in [-0.1, -0.05) is 32.1 Å². The van der Waals surface area contributed by atoms with Crippen molar-refractivity contribution in [1.29, 1.82) is 0 Å². The van der Waals surface area contributed by atoms with Crippen LogP contribution in [-0.4, -0.2) is 101 Å². The number of nitrogens with two attached hydrogens (primary N) is 1. The highest BCUT2D eigenvalue weighted by Crippen LogP contribution is 2.49. The van der Waals surface area contributed by atoms with Crippen LogP contribution in [-0.2, 0) is 26.0 Å². The van der Waals surface area contributed by atoms with Gasteiger partial charge in [0.05, 0.1) is 10.9 Å². The molecule has 1 aromatic rings. The third kappa shape index (κ3) is 6.09. The number of allylic oxidation sites excluding steroid dienone is 3. The van der Waals surface area contributed by atoms with Crippen LogP contribution in [0.2, 0.25) is 0 Å². The molecule has 0 saturated carbocycles. The van der Waals surface area contributed by atoms with Crippen LogP contribution in [0.25, 0.3) is 0 Å². The second-order valence-electron chi connectivity index (χ2n) is 11.1. The normalized spacial score (nSPS) is 25.1. The molecule has 0 spiro atoms. The number of carbonyl (C=O) groups excluding carboxylic acids is 1. The Bertz CT molecular complexity index is 1450. The first kappa shape index (κ1) is 34.2. The molecule has 2 aliphatic heterocycles. The number of amides is 1. The quantitative estimate of drug-likeness (QED) is 0.246. The Balaban J connectivity index is 1.81. The Hall–Kier alpha value is -2.71. The zero-order valence-electron chi connectivity index (χ0n) is 23.5. The van der Waals surface area contributed by atoms with Crippen LogP contribution >= 0.6 is 12.2 Å². The van der Waals surface area contributed by atoms with Crippen molar-refractivity contribution in [3.05, 3.63) is 46.5 Å². The second kappa shape index (κ2) is 11.9. The van der Waals surface area contributed by atoms with Gasteiger partial charge in [-0.15, -0.1) is 0 Å². The van der Waals surface area contributed by atoms with Crippen molar-refractivity contribution >= 4 is 33.0 Å². The van der Waals surface area contributed by atoms with E-state index in [1.54, 1.807) is 24.8 Å². The van der Waals surface area contributed by atoms with Gasteiger partial charge in [0.2, 0.25) is 15.9 Å². The molecule has 1 aromatic heterocycles. The first-order valence-electron chi connectivity index (χ1n) is 13.4. The van der Waals surface area contributed by atoms with Crippen molar-refractivity contribution in [2.24, 2.45) is 11.7 Å². The summed E-state index contributed by atoms with van der Waals surface area (Å²) in [5.74, 6) is -0.883. The average molecular weight is 672 g/mol. The first-order chi connectivity index (χ1) is 20.2. The zero-order chi connectivity index (χ0) is 32.9. The lowest BCUT2D eigenvalue weighted by Crippen LogP contribution is -2.68. The Morgan fingerprint density at radius 2 is 1.75 bits per heavy atom. The molecular formula is C25H31F6N7O4S2. The van der Waals surface area contributed by atoms with Gasteiger partial charge in [0, 0.05) is 74.2 Å². The molecule has 0 radical (unpaired) electrons. The number of rotatable bonds is 7. The molecule has 5 N–H and O–H groups in total. The number of sulfonamides is 1. The summed E-state index contributed by atoms with van der Waals surface area (Å²) in [6, 6.07) is -0.701. The summed E-state index contributed by atoms with van der Waals surface area (Å²) in [5.41, 5.74) is -2.54. The van der Waals surface area contributed by atoms with Crippen LogP contribution in [0.15, 0.2) is 35.1 Å². The van der Waals surface area contributed by atoms with E-state index in [1.807, 2.05) is 0 Å². The topological polar surface area (TPSA) is 154 Å². The van der Waals surface area contributed by atoms with Crippen LogP contribution in [0.5, 0.6) is 0 Å². The van der Waals surface area contributed by atoms with E-state index in [2.05, 4.69) is 20.6 Å². The summed E-state index contributed by atoms with van der Waals surface area (Å²) >= 11 is 5.27. The molecule has 0 bridgehead atoms. The summed E-state index contributed by atoms with van der Waals surface area (Å²) in [5, 5.41) is 15.7. The van der Waals surface area contributed by atoms with Crippen LogP contribution in [0.3, 0.4) is 0 Å². The van der Waals surface area contributed by atoms with Crippen LogP contribution in [0.1, 0.15) is 31.7 Å². The molecule has 4 rings (SSSR count). The zero-order valence-corrected chi connectivity index (χ0v) is 25.2. The maximum atomic E-state index is 13.8. The van der Waals surface area contributed by atoms with Crippen molar-refractivity contribution in [3.8, 4) is 0 Å². The second-order valence-corrected chi connectivity index (χ2v) is 13.5. The lowest BCUT2D eigenvalue weighted by Gasteiger charge is -2.47. The number of piperazine rings is 2. The smallest absolute Gasteiger partial charge is 0.399 e. The van der Waals surface area contributed by atoms with Gasteiger partial charge in [-0.3, -0.25) is 9.69 Å². The average Bonchev–Trinajstić information content (AvgIpc) is 2.92. The molecule has 2 atom stereocenters. The number of hydrogen-bond donors (Lipinski definition) is 4. The number of hydrogen-bond acceptors (Lipinski definition) is 10. The van der Waals surface area contributed by atoms with E-state index in [4.69, 9.17) is 18.0 Å². The molecule has 244 valence electrons. The molecule has 2 fully saturated rings. The minimum Gasteiger partial charge on any atom is -0.399 e. The maximum absolute atomic E-state index is 13.8. The van der Waals surface area contributed by atoms with Crippen molar-refractivity contribution in [2.45, 2.75) is 49.8 Å². The lowest BCUT2D eigenvalue weighted by atomic mass is 9.90. The fourth-order valence-corrected chi connectivity index (χ4v) is 7.69. The summed E-state index contributed by atoms with van der Waals surface area (Å²) in [6.07, 6.45) is -9.01. The number of aromatic nitrogens is 2. The van der Waals surface area contributed by atoms with Gasteiger partial charge < -0.3 is 21.5 Å². The molecule has 1 amide bonds. The molecule has 2 saturated heterocycles. The predicted molar refractivity (Wildman–Crippen MR) is 149 cm³/mol. The largest absolute Gasteiger partial charge is 0.430 e. The number of carbonyl (C=O) groups is 1. The molecular weight excluding hydrogens is 640 g/mol. The van der Waals surface area contributed by atoms with Crippen molar-refractivity contribution < 1.29 is 44.7 Å². The fourth-order valence-electron chi connectivity index (χ4n) is 5.58. The van der Waals surface area contributed by atoms with Gasteiger partial charge >= 0.3 is 12.4 Å². The molecule has 3 aliphatic rings. The van der Waals surface area contributed by atoms with E-state index in [9.17, 15) is 44.7 Å². The Morgan fingerprint density at radius 1 is 1.14 bits per heavy atom. The van der Waals surface area contributed by atoms with Gasteiger partial charge in [0.1, 0.15) is 5.54 Å². The predicted octanol–water partition coefficient (Wildman–Crippen LogP) is 1.18. The van der Waals surface area contributed by atoms with E-state index in [0.717, 1.165) is 4.31 Å². The van der Waals surface area contributed by atoms with E-state index < -0.39 is 51.7 Å². The molecule has 19 heteroatoms. The standard InChI is InChI=1S/C25H31F6N7O4S2/c1-14(2)19-20(39)33-5-7-37(19)12-22(21-34-10-15(11-35-21)23(40,24(26,27)28)25(29,30)31)13-38(8-6-36-22)44(41,42)18-9-16(32)3-4-17(18)43/h3,9-11,14,19,36,40H,4-8,12-13,32H2,1-2H3,(H,33,39)/t19-,22+/m1/s1. The van der Waals surface area contributed by atoms with Crippen molar-refractivity contribution in [1.82, 2.24) is 29.8 Å². The molecule has 11 nitrogen and oxygen atoms in total. The van der Waals surface area contributed by atoms with Gasteiger partial charge in [0.15, 0.2) is 5.82 Å². The van der Waals surface area contributed by atoms with Crippen LogP contribution < -0.4 is 16.4 Å². The number of halogens is 6. The SMILES string of the molecule is CC(C)[C@@H]1C(=O)NCCN1C[C@@]1(c2ncc(C(O)(C(F)(F)F)C(F)(F)F)cn2)CN(S(=O)(=O)C2=CC(N)=CCC2=S)CCN1. The monoisotopic (exact) mass is 671 g/mol. The van der Waals surface area contributed by atoms with E-state index in [1.165, 1.54) is 6.08 Å². The van der Waals surface area contributed by atoms with E-state index >= 15 is 0 Å². The van der Waals surface area contributed by atoms with Crippen molar-refractivity contribution in [2.75, 3.05) is 39.3 Å². The number of aliphatic hydroxyl groups is 1. The number of alkyl halides is 6. The fraction of sp³-hybridized carbons (Fsp3) is 0.600. The summed E-state index contributed by atoms with van der Waals surface area (Å²) < 4.78 is 110. The van der Waals surface area contributed by atoms with Crippen molar-refractivity contribution in [3.63, 3.8) is 0 Å². The number of nitrogens with one attached hydrogen (secondary N) is 2. The highest BCUT2D eigenvalue weighted by molar-refractivity contribution is 7.96. The summed E-state index contributed by atoms with van der Waals surface area (Å²) in [6.45, 7) is 3.41. The van der Waals surface area contributed by atoms with E-state index in [-0.39, 0.29) is 78.1 Å². The Kier molecular flexibility index (Phi) is 9.24. The maximum Gasteiger partial charge on any atom is 0.430 e. The highest BCUT2D eigenvalue weighted by atomic mass is 32.2. The minimum absolute atomic E-state index is 0.0306. The highest BCUT2D eigenvalue weighted by Gasteiger charge is 2.72. The third-order valence-corrected chi connectivity index (χ3v) is 10.2. The minimum atomic E-state index is -6.16. The van der Waals surface area contributed by atoms with Gasteiger partial charge in [0.25, 0.3) is 5.60 Å². The van der Waals surface area contributed by atoms with Crippen LogP contribution in [0, 0.1) is 5.92 Å². The lowest BCUT2D eigenvalue weighted by molar-refractivity contribution is -0.376. The molecule has 1 aliphatic carbocycles. The molecule has 0 aromatic carbocycles. The first-order valence-corrected chi connectivity index (χ1v) is 15.3. The van der Waals surface area contributed by atoms with Gasteiger partial charge in [-0.05, 0) is 12.0 Å². The number of nitrogens with zero attached hydrogens (tertiary/aromatic N) is 4. The van der Waals surface area contributed by atoms with Gasteiger partial charge in [-0.25, -0.2) is 18.4 Å². The van der Waals surface area contributed by atoms with E-state index in [0.29, 0.717) is 6.54 Å². The molecule has 0 unspecified atom stereocenters. The Labute approximate surface area is 254 Å². The summed E-state index contributed by atoms with van der Waals surface area (Å²) in [4.78, 5) is 22.1. The molecule has 44 heavy (non-hydrogen) atoms. The van der Waals surface area contributed by atoms with Gasteiger partial charge in [-0.2, -0.15) is 30.6 Å². The van der Waals surface area contributed by atoms with Crippen LogP contribution in [0.4, 0.5) is 26.3 Å². The Morgan fingerprint density at radius 3 is 2.32 bits per heavy atom. The summed E-state index contributed by atoms with van der Waals surface area (Å²) in [7, 11) is -4.30. The molecule has 3 heterocycles. The third-order valence-electron chi connectivity index (χ3n) is 7.77. The number of thiocarbonyl (C=S) groups is 1.